The van der Waals surface area contributed by atoms with Gasteiger partial charge in [-0.2, -0.15) is 5.10 Å². The first-order valence-corrected chi connectivity index (χ1v) is 7.56. The van der Waals surface area contributed by atoms with Gasteiger partial charge in [0.2, 0.25) is 0 Å². The van der Waals surface area contributed by atoms with Crippen LogP contribution in [-0.2, 0) is 6.42 Å². The van der Waals surface area contributed by atoms with Crippen LogP contribution in [-0.4, -0.2) is 21.7 Å². The number of amides is 3. The number of urea groups is 1. The van der Waals surface area contributed by atoms with E-state index in [2.05, 4.69) is 17.3 Å². The van der Waals surface area contributed by atoms with Crippen molar-refractivity contribution in [1.82, 2.24) is 9.78 Å². The van der Waals surface area contributed by atoms with Gasteiger partial charge in [-0.15, -0.1) is 0 Å². The second-order valence-electron chi connectivity index (χ2n) is 5.31. The minimum absolute atomic E-state index is 0.0316. The summed E-state index contributed by atoms with van der Waals surface area (Å²) in [4.78, 5) is 22.4. The number of carbonyl (C=O) groups excluding carboxylic acids is 2. The van der Waals surface area contributed by atoms with Crippen LogP contribution in [0.5, 0.6) is 0 Å². The number of nitrogens with zero attached hydrogens (tertiary/aromatic N) is 2. The lowest BCUT2D eigenvalue weighted by molar-refractivity contribution is 0.0996. The summed E-state index contributed by atoms with van der Waals surface area (Å²) in [7, 11) is 0. The van der Waals surface area contributed by atoms with Gasteiger partial charge in [-0.3, -0.25) is 4.79 Å². The van der Waals surface area contributed by atoms with Crippen molar-refractivity contribution in [3.63, 3.8) is 0 Å². The third kappa shape index (κ3) is 4.32. The van der Waals surface area contributed by atoms with Gasteiger partial charge in [0.15, 0.2) is 5.69 Å². The van der Waals surface area contributed by atoms with Crippen molar-refractivity contribution in [2.75, 3.05) is 5.32 Å². The quantitative estimate of drug-likeness (QED) is 0.680. The fourth-order valence-corrected chi connectivity index (χ4v) is 2.31. The molecule has 0 saturated carbocycles. The Bertz CT molecular complexity index is 691. The molecular formula is C16H21N5O2. The van der Waals surface area contributed by atoms with E-state index in [9.17, 15) is 9.59 Å². The molecule has 5 N–H and O–H groups in total. The van der Waals surface area contributed by atoms with E-state index in [1.165, 1.54) is 29.3 Å². The fraction of sp³-hybridized carbons (Fsp3) is 0.312. The Morgan fingerprint density at radius 2 is 1.87 bits per heavy atom. The molecule has 7 heteroatoms. The standard InChI is InChI=1S/C16H21N5O2/c1-2-3-4-5-11-6-8-12(9-7-11)21-10-13(19-16(18)23)14(20-21)15(17)22/h6-10H,2-5H2,1H3,(H2,17,22)(H3,18,19,23). The number of carbonyl (C=O) groups is 2. The third-order valence-electron chi connectivity index (χ3n) is 3.48. The van der Waals surface area contributed by atoms with Gasteiger partial charge in [-0.25, -0.2) is 9.48 Å². The summed E-state index contributed by atoms with van der Waals surface area (Å²) in [5.41, 5.74) is 12.5. The Kier molecular flexibility index (Phi) is 5.35. The first-order valence-electron chi connectivity index (χ1n) is 7.56. The van der Waals surface area contributed by atoms with Crippen LogP contribution in [0.1, 0.15) is 42.2 Å². The summed E-state index contributed by atoms with van der Waals surface area (Å²) < 4.78 is 1.49. The number of anilines is 1. The molecule has 3 amide bonds. The number of hydrogen-bond acceptors (Lipinski definition) is 3. The van der Waals surface area contributed by atoms with Crippen LogP contribution in [0.4, 0.5) is 10.5 Å². The van der Waals surface area contributed by atoms with E-state index < -0.39 is 11.9 Å². The lowest BCUT2D eigenvalue weighted by atomic mass is 10.1. The zero-order valence-electron chi connectivity index (χ0n) is 13.1. The smallest absolute Gasteiger partial charge is 0.316 e. The second kappa shape index (κ2) is 7.44. The van der Waals surface area contributed by atoms with Crippen LogP contribution in [0.3, 0.4) is 0 Å². The van der Waals surface area contributed by atoms with Crippen molar-refractivity contribution in [3.05, 3.63) is 41.7 Å². The zero-order valence-corrected chi connectivity index (χ0v) is 13.1. The number of unbranched alkanes of at least 4 members (excludes halogenated alkanes) is 2. The van der Waals surface area contributed by atoms with E-state index in [0.717, 1.165) is 18.5 Å². The van der Waals surface area contributed by atoms with Crippen LogP contribution < -0.4 is 16.8 Å². The van der Waals surface area contributed by atoms with Gasteiger partial charge in [0.1, 0.15) is 0 Å². The maximum Gasteiger partial charge on any atom is 0.316 e. The third-order valence-corrected chi connectivity index (χ3v) is 3.48. The number of hydrogen-bond donors (Lipinski definition) is 3. The molecule has 0 radical (unpaired) electrons. The van der Waals surface area contributed by atoms with E-state index in [1.807, 2.05) is 24.3 Å². The Labute approximate surface area is 134 Å². The maximum atomic E-state index is 11.4. The number of primary amides is 2. The number of nitrogens with two attached hydrogens (primary N) is 2. The molecule has 2 aromatic rings. The zero-order chi connectivity index (χ0) is 16.8. The predicted molar refractivity (Wildman–Crippen MR) is 88.5 cm³/mol. The van der Waals surface area contributed by atoms with Crippen LogP contribution in [0, 0.1) is 0 Å². The first-order chi connectivity index (χ1) is 11.0. The number of aryl methyl sites for hydroxylation is 1. The minimum Gasteiger partial charge on any atom is -0.364 e. The van der Waals surface area contributed by atoms with Crippen molar-refractivity contribution >= 4 is 17.6 Å². The molecular weight excluding hydrogens is 294 g/mol. The molecule has 7 nitrogen and oxygen atoms in total. The predicted octanol–water partition coefficient (Wildman–Crippen LogP) is 2.19. The van der Waals surface area contributed by atoms with E-state index >= 15 is 0 Å². The fourth-order valence-electron chi connectivity index (χ4n) is 2.31. The summed E-state index contributed by atoms with van der Waals surface area (Å²) >= 11 is 0. The molecule has 122 valence electrons. The van der Waals surface area contributed by atoms with Gasteiger partial charge in [0.05, 0.1) is 17.6 Å². The second-order valence-corrected chi connectivity index (χ2v) is 5.31. The van der Waals surface area contributed by atoms with E-state index in [-0.39, 0.29) is 11.4 Å². The van der Waals surface area contributed by atoms with Crippen LogP contribution in [0.2, 0.25) is 0 Å². The average molecular weight is 315 g/mol. The highest BCUT2D eigenvalue weighted by Crippen LogP contribution is 2.18. The largest absolute Gasteiger partial charge is 0.364 e. The van der Waals surface area contributed by atoms with E-state index in [1.54, 1.807) is 0 Å². The normalized spacial score (nSPS) is 10.5. The number of benzene rings is 1. The topological polar surface area (TPSA) is 116 Å². The molecule has 0 aliphatic rings. The van der Waals surface area contributed by atoms with Gasteiger partial charge in [0, 0.05) is 0 Å². The molecule has 1 heterocycles. The Hall–Kier alpha value is -2.83. The van der Waals surface area contributed by atoms with Crippen LogP contribution >= 0.6 is 0 Å². The Morgan fingerprint density at radius 3 is 2.43 bits per heavy atom. The van der Waals surface area contributed by atoms with Crippen molar-refractivity contribution in [2.45, 2.75) is 32.6 Å². The summed E-state index contributed by atoms with van der Waals surface area (Å²) in [6.07, 6.45) is 6.11. The Balaban J connectivity index is 2.20. The highest BCUT2D eigenvalue weighted by Gasteiger charge is 2.16. The van der Waals surface area contributed by atoms with Crippen LogP contribution in [0.15, 0.2) is 30.5 Å². The summed E-state index contributed by atoms with van der Waals surface area (Å²) in [5.74, 6) is -0.733. The lowest BCUT2D eigenvalue weighted by Gasteiger charge is -2.04. The van der Waals surface area contributed by atoms with Gasteiger partial charge in [-0.1, -0.05) is 31.9 Å². The molecule has 0 saturated heterocycles. The highest BCUT2D eigenvalue weighted by molar-refractivity contribution is 6.00. The maximum absolute atomic E-state index is 11.4. The molecule has 23 heavy (non-hydrogen) atoms. The molecule has 0 aliphatic heterocycles. The van der Waals surface area contributed by atoms with Gasteiger partial charge in [0.25, 0.3) is 5.91 Å². The highest BCUT2D eigenvalue weighted by atomic mass is 16.2. The molecule has 0 aliphatic carbocycles. The molecule has 0 fully saturated rings. The van der Waals surface area contributed by atoms with E-state index in [0.29, 0.717) is 0 Å². The molecule has 1 aromatic heterocycles. The van der Waals surface area contributed by atoms with Crippen molar-refractivity contribution in [3.8, 4) is 5.69 Å². The lowest BCUT2D eigenvalue weighted by Crippen LogP contribution is -2.22. The number of nitrogens with one attached hydrogen (secondary N) is 1. The van der Waals surface area contributed by atoms with E-state index in [4.69, 9.17) is 11.5 Å². The first kappa shape index (κ1) is 16.5. The van der Waals surface area contributed by atoms with Crippen LogP contribution in [0.25, 0.3) is 5.69 Å². The molecule has 0 spiro atoms. The molecule has 0 unspecified atom stereocenters. The summed E-state index contributed by atoms with van der Waals surface area (Å²) in [5, 5.41) is 6.46. The average Bonchev–Trinajstić information content (AvgIpc) is 2.91. The Morgan fingerprint density at radius 1 is 1.17 bits per heavy atom. The molecule has 0 bridgehead atoms. The molecule has 2 rings (SSSR count). The van der Waals surface area contributed by atoms with Gasteiger partial charge >= 0.3 is 6.03 Å². The molecule has 1 aromatic carbocycles. The summed E-state index contributed by atoms with van der Waals surface area (Å²) in [6.45, 7) is 2.18. The van der Waals surface area contributed by atoms with Gasteiger partial charge in [-0.05, 0) is 30.5 Å². The van der Waals surface area contributed by atoms with Gasteiger partial charge < -0.3 is 16.8 Å². The number of rotatable bonds is 7. The van der Waals surface area contributed by atoms with Crippen molar-refractivity contribution in [1.29, 1.82) is 0 Å². The monoisotopic (exact) mass is 315 g/mol. The summed E-state index contributed by atoms with van der Waals surface area (Å²) in [6, 6.07) is 7.09. The molecule has 0 atom stereocenters. The number of aromatic nitrogens is 2. The van der Waals surface area contributed by atoms with Crippen molar-refractivity contribution < 1.29 is 9.59 Å². The SMILES string of the molecule is CCCCCc1ccc(-n2cc(NC(N)=O)c(C(N)=O)n2)cc1. The minimum atomic E-state index is -0.779. The van der Waals surface area contributed by atoms with Crippen molar-refractivity contribution in [2.24, 2.45) is 11.5 Å².